The Balaban J connectivity index is 4.81. The Bertz CT molecular complexity index is 560. The second-order valence-corrected chi connectivity index (χ2v) is 12.5. The maximum Gasteiger partial charge on any atom is 0.303 e. The summed E-state index contributed by atoms with van der Waals surface area (Å²) >= 11 is 0. The first-order valence-electron chi connectivity index (χ1n) is 17.8. The van der Waals surface area contributed by atoms with Gasteiger partial charge >= 0.3 is 5.97 Å². The van der Waals surface area contributed by atoms with Crippen LogP contribution in [0.5, 0.6) is 0 Å². The number of carbonyl (C=O) groups is 1. The van der Waals surface area contributed by atoms with E-state index >= 15 is 0 Å². The third-order valence-corrected chi connectivity index (χ3v) is 8.54. The molecule has 40 heavy (non-hydrogen) atoms. The quantitative estimate of drug-likeness (QED) is 0.0483. The van der Waals surface area contributed by atoms with Crippen LogP contribution in [0.3, 0.4) is 0 Å². The van der Waals surface area contributed by atoms with Crippen LogP contribution >= 0.6 is 0 Å². The molecule has 0 saturated carbocycles. The molecule has 0 aliphatic carbocycles. The topological polar surface area (TPSA) is 60.8 Å². The minimum atomic E-state index is -0.657. The van der Waals surface area contributed by atoms with E-state index in [0.29, 0.717) is 6.42 Å². The molecule has 1 atom stereocenters. The number of carboxylic acid groups (broad SMARTS) is 1. The van der Waals surface area contributed by atoms with Gasteiger partial charge in [-0.15, -0.1) is 0 Å². The molecule has 0 radical (unpaired) electrons. The Morgan fingerprint density at radius 1 is 0.600 bits per heavy atom. The zero-order valence-electron chi connectivity index (χ0n) is 27.4. The maximum atomic E-state index is 10.7. The van der Waals surface area contributed by atoms with Crippen molar-refractivity contribution in [3.8, 4) is 0 Å². The number of nitrogens with zero attached hydrogens (tertiary/aromatic N) is 1. The summed E-state index contributed by atoms with van der Waals surface area (Å²) in [6.07, 6.45) is 38.0. The van der Waals surface area contributed by atoms with Gasteiger partial charge in [-0.2, -0.15) is 5.06 Å². The van der Waals surface area contributed by atoms with E-state index in [9.17, 15) is 10.0 Å². The number of allylic oxidation sites excluding steroid dienone is 2. The number of hydrogen-bond acceptors (Lipinski definition) is 3. The standard InChI is InChI=1S/C36H71NO3/c1-4-6-8-10-16-22-28-34(30-24-18-12-13-20-26-32-36(38)39)35(29-23-17-11-9-7-5-2)31-25-19-14-15-21-27-33-37(3)40/h28,35,40H,4-27,29-33H2,1-3H3,(H,38,39)/b34-28-. The monoisotopic (exact) mass is 566 g/mol. The molecule has 0 aromatic carbocycles. The summed E-state index contributed by atoms with van der Waals surface area (Å²) in [5, 5.41) is 19.5. The molecule has 1 unspecified atom stereocenters. The fourth-order valence-electron chi connectivity index (χ4n) is 5.95. The summed E-state index contributed by atoms with van der Waals surface area (Å²) < 4.78 is 0. The highest BCUT2D eigenvalue weighted by Crippen LogP contribution is 2.30. The number of aliphatic carboxylic acids is 1. The van der Waals surface area contributed by atoms with Crippen LogP contribution in [-0.2, 0) is 4.79 Å². The van der Waals surface area contributed by atoms with Crippen molar-refractivity contribution >= 4 is 5.97 Å². The molecule has 4 nitrogen and oxygen atoms in total. The summed E-state index contributed by atoms with van der Waals surface area (Å²) in [6.45, 7) is 5.39. The van der Waals surface area contributed by atoms with E-state index < -0.39 is 5.97 Å². The summed E-state index contributed by atoms with van der Waals surface area (Å²) in [6, 6.07) is 0. The smallest absolute Gasteiger partial charge is 0.303 e. The average molecular weight is 566 g/mol. The fourth-order valence-corrected chi connectivity index (χ4v) is 5.95. The minimum Gasteiger partial charge on any atom is -0.481 e. The molecule has 4 heteroatoms. The van der Waals surface area contributed by atoms with Crippen molar-refractivity contribution in [3.05, 3.63) is 11.6 Å². The van der Waals surface area contributed by atoms with Crippen LogP contribution in [0.25, 0.3) is 0 Å². The highest BCUT2D eigenvalue weighted by molar-refractivity contribution is 5.66. The van der Waals surface area contributed by atoms with Crippen LogP contribution in [0, 0.1) is 5.92 Å². The summed E-state index contributed by atoms with van der Waals surface area (Å²) in [4.78, 5) is 10.7. The van der Waals surface area contributed by atoms with Gasteiger partial charge < -0.3 is 10.3 Å². The first kappa shape index (κ1) is 39.1. The molecular weight excluding hydrogens is 494 g/mol. The zero-order chi connectivity index (χ0) is 29.5. The number of hydrogen-bond donors (Lipinski definition) is 2. The SMILES string of the molecule is CCCCCCC/C=C(/CCCCCCCCC(=O)O)C(CCCCCCCC)CCCCCCCCN(C)O. The Morgan fingerprint density at radius 3 is 1.52 bits per heavy atom. The van der Waals surface area contributed by atoms with Gasteiger partial charge in [-0.05, 0) is 57.3 Å². The van der Waals surface area contributed by atoms with E-state index in [-0.39, 0.29) is 0 Å². The van der Waals surface area contributed by atoms with Crippen molar-refractivity contribution in [2.24, 2.45) is 5.92 Å². The minimum absolute atomic E-state index is 0.325. The normalized spacial score (nSPS) is 12.9. The molecule has 0 fully saturated rings. The molecule has 0 amide bonds. The molecular formula is C36H71NO3. The molecule has 0 aromatic rings. The Morgan fingerprint density at radius 2 is 1.02 bits per heavy atom. The van der Waals surface area contributed by atoms with Crippen molar-refractivity contribution in [2.45, 2.75) is 194 Å². The lowest BCUT2D eigenvalue weighted by Crippen LogP contribution is -2.13. The van der Waals surface area contributed by atoms with Crippen molar-refractivity contribution < 1.29 is 15.1 Å². The summed E-state index contributed by atoms with van der Waals surface area (Å²) in [5.41, 5.74) is 1.78. The number of hydroxylamine groups is 2. The molecule has 0 rings (SSSR count). The molecule has 0 aliphatic heterocycles. The highest BCUT2D eigenvalue weighted by atomic mass is 16.5. The molecule has 238 valence electrons. The van der Waals surface area contributed by atoms with Gasteiger partial charge in [0.05, 0.1) is 0 Å². The molecule has 2 N–H and O–H groups in total. The predicted octanol–water partition coefficient (Wildman–Crippen LogP) is 11.9. The third-order valence-electron chi connectivity index (χ3n) is 8.54. The fraction of sp³-hybridized carbons (Fsp3) is 0.917. The Hall–Kier alpha value is -0.870. The summed E-state index contributed by atoms with van der Waals surface area (Å²) in [7, 11) is 1.74. The van der Waals surface area contributed by atoms with Crippen molar-refractivity contribution in [1.82, 2.24) is 5.06 Å². The lowest BCUT2D eigenvalue weighted by Gasteiger charge is -2.22. The lowest BCUT2D eigenvalue weighted by molar-refractivity contribution is -0.137. The van der Waals surface area contributed by atoms with Gasteiger partial charge in [0.25, 0.3) is 0 Å². The highest BCUT2D eigenvalue weighted by Gasteiger charge is 2.14. The summed E-state index contributed by atoms with van der Waals surface area (Å²) in [5.74, 6) is 0.121. The Kier molecular flexibility index (Phi) is 30.4. The van der Waals surface area contributed by atoms with Crippen molar-refractivity contribution in [3.63, 3.8) is 0 Å². The van der Waals surface area contributed by atoms with E-state index in [4.69, 9.17) is 5.11 Å². The van der Waals surface area contributed by atoms with Gasteiger partial charge in [0.1, 0.15) is 0 Å². The lowest BCUT2D eigenvalue weighted by atomic mass is 9.84. The number of rotatable bonds is 32. The zero-order valence-corrected chi connectivity index (χ0v) is 27.4. The van der Waals surface area contributed by atoms with Crippen LogP contribution in [0.2, 0.25) is 0 Å². The maximum absolute atomic E-state index is 10.7. The van der Waals surface area contributed by atoms with Crippen LogP contribution < -0.4 is 0 Å². The predicted molar refractivity (Wildman–Crippen MR) is 174 cm³/mol. The molecule has 0 aliphatic rings. The van der Waals surface area contributed by atoms with Gasteiger partial charge in [-0.3, -0.25) is 4.79 Å². The van der Waals surface area contributed by atoms with E-state index in [1.165, 1.54) is 159 Å². The Labute approximate surface area is 250 Å². The first-order chi connectivity index (χ1) is 19.5. The van der Waals surface area contributed by atoms with Crippen LogP contribution in [0.1, 0.15) is 194 Å². The van der Waals surface area contributed by atoms with Crippen LogP contribution in [0.15, 0.2) is 11.6 Å². The molecule has 0 saturated heterocycles. The molecule has 0 aromatic heterocycles. The average Bonchev–Trinajstić information content (AvgIpc) is 2.92. The van der Waals surface area contributed by atoms with Gasteiger partial charge in [-0.1, -0.05) is 147 Å². The van der Waals surface area contributed by atoms with Crippen LogP contribution in [-0.4, -0.2) is 34.9 Å². The van der Waals surface area contributed by atoms with Crippen LogP contribution in [0.4, 0.5) is 0 Å². The van der Waals surface area contributed by atoms with Gasteiger partial charge in [0.2, 0.25) is 0 Å². The molecule has 0 bridgehead atoms. The number of carboxylic acids is 1. The van der Waals surface area contributed by atoms with E-state index in [1.54, 1.807) is 12.6 Å². The van der Waals surface area contributed by atoms with E-state index in [2.05, 4.69) is 19.9 Å². The van der Waals surface area contributed by atoms with Crippen molar-refractivity contribution in [1.29, 1.82) is 0 Å². The second-order valence-electron chi connectivity index (χ2n) is 12.5. The van der Waals surface area contributed by atoms with Gasteiger partial charge in [0, 0.05) is 20.0 Å². The van der Waals surface area contributed by atoms with E-state index in [1.807, 2.05) is 0 Å². The van der Waals surface area contributed by atoms with Gasteiger partial charge in [0.15, 0.2) is 0 Å². The van der Waals surface area contributed by atoms with Crippen molar-refractivity contribution in [2.75, 3.05) is 13.6 Å². The second kappa shape index (κ2) is 31.1. The van der Waals surface area contributed by atoms with E-state index in [0.717, 1.165) is 31.7 Å². The molecule has 0 heterocycles. The molecule has 0 spiro atoms. The first-order valence-corrected chi connectivity index (χ1v) is 17.8. The number of unbranched alkanes of at least 4 members (excludes halogenated alkanes) is 20. The largest absolute Gasteiger partial charge is 0.481 e. The van der Waals surface area contributed by atoms with Gasteiger partial charge in [-0.25, -0.2) is 0 Å². The third kappa shape index (κ3) is 28.7.